The molecule has 0 aliphatic carbocycles. The topological polar surface area (TPSA) is 63.4 Å². The predicted octanol–water partition coefficient (Wildman–Crippen LogP) is 1.97. The fraction of sp³-hybridized carbons (Fsp3) is 0.600. The molecule has 0 saturated carbocycles. The third kappa shape index (κ3) is 3.81. The summed E-state index contributed by atoms with van der Waals surface area (Å²) in [7, 11) is -3.13. The van der Waals surface area contributed by atoms with Crippen LogP contribution in [-0.4, -0.2) is 38.7 Å². The van der Waals surface area contributed by atoms with E-state index in [-0.39, 0.29) is 11.8 Å². The van der Waals surface area contributed by atoms with Gasteiger partial charge in [0, 0.05) is 12.6 Å². The molecule has 1 heterocycles. The van der Waals surface area contributed by atoms with Gasteiger partial charge in [0.1, 0.15) is 0 Å². The van der Waals surface area contributed by atoms with E-state index >= 15 is 0 Å². The monoisotopic (exact) mass is 296 g/mol. The number of benzene rings is 1. The van der Waals surface area contributed by atoms with Crippen LogP contribution >= 0.6 is 0 Å². The molecule has 0 aromatic heterocycles. The first-order valence-electron chi connectivity index (χ1n) is 7.33. The molecule has 2 rings (SSSR count). The SMILES string of the molecule is CCCS(=O)(=O)c1ccc(C(N)CN2CCCC2)cc1. The van der Waals surface area contributed by atoms with Crippen LogP contribution in [0.15, 0.2) is 29.2 Å². The highest BCUT2D eigenvalue weighted by molar-refractivity contribution is 7.91. The van der Waals surface area contributed by atoms with Crippen LogP contribution in [0.1, 0.15) is 37.8 Å². The second kappa shape index (κ2) is 6.70. The highest BCUT2D eigenvalue weighted by Crippen LogP contribution is 2.19. The summed E-state index contributed by atoms with van der Waals surface area (Å²) in [5.74, 6) is 0.201. The largest absolute Gasteiger partial charge is 0.323 e. The lowest BCUT2D eigenvalue weighted by atomic mass is 10.1. The fourth-order valence-electron chi connectivity index (χ4n) is 2.66. The molecule has 4 nitrogen and oxygen atoms in total. The minimum absolute atomic E-state index is 0.0453. The minimum atomic E-state index is -3.13. The smallest absolute Gasteiger partial charge is 0.178 e. The van der Waals surface area contributed by atoms with E-state index in [4.69, 9.17) is 5.73 Å². The van der Waals surface area contributed by atoms with Gasteiger partial charge in [-0.3, -0.25) is 0 Å². The highest BCUT2D eigenvalue weighted by Gasteiger charge is 2.17. The predicted molar refractivity (Wildman–Crippen MR) is 81.4 cm³/mol. The van der Waals surface area contributed by atoms with E-state index in [0.717, 1.165) is 25.2 Å². The third-order valence-electron chi connectivity index (χ3n) is 3.79. The number of hydrogen-bond acceptors (Lipinski definition) is 4. The molecule has 2 N–H and O–H groups in total. The molecule has 1 aliphatic heterocycles. The first-order valence-corrected chi connectivity index (χ1v) is 8.99. The zero-order valence-corrected chi connectivity index (χ0v) is 12.9. The van der Waals surface area contributed by atoms with Crippen LogP contribution in [0.5, 0.6) is 0 Å². The molecular weight excluding hydrogens is 272 g/mol. The summed E-state index contributed by atoms with van der Waals surface area (Å²) in [5, 5.41) is 0. The van der Waals surface area contributed by atoms with Crippen molar-refractivity contribution in [2.45, 2.75) is 37.1 Å². The maximum atomic E-state index is 12.0. The summed E-state index contributed by atoms with van der Waals surface area (Å²) < 4.78 is 23.9. The van der Waals surface area contributed by atoms with Crippen LogP contribution in [0.25, 0.3) is 0 Å². The molecular formula is C15H24N2O2S. The van der Waals surface area contributed by atoms with Gasteiger partial charge in [0.25, 0.3) is 0 Å². The van der Waals surface area contributed by atoms with Crippen LogP contribution < -0.4 is 5.73 Å². The number of rotatable bonds is 6. The zero-order chi connectivity index (χ0) is 14.6. The van der Waals surface area contributed by atoms with Gasteiger partial charge in [0.15, 0.2) is 9.84 Å². The molecule has 0 spiro atoms. The molecule has 1 aromatic carbocycles. The van der Waals surface area contributed by atoms with Crippen molar-refractivity contribution in [1.29, 1.82) is 0 Å². The van der Waals surface area contributed by atoms with E-state index in [0.29, 0.717) is 11.3 Å². The molecule has 5 heteroatoms. The van der Waals surface area contributed by atoms with Crippen molar-refractivity contribution in [1.82, 2.24) is 4.90 Å². The van der Waals surface area contributed by atoms with Gasteiger partial charge < -0.3 is 10.6 Å². The third-order valence-corrected chi connectivity index (χ3v) is 5.73. The number of nitrogens with zero attached hydrogens (tertiary/aromatic N) is 1. The second-order valence-electron chi connectivity index (χ2n) is 5.50. The van der Waals surface area contributed by atoms with Crippen molar-refractivity contribution < 1.29 is 8.42 Å². The Bertz CT molecular complexity index is 519. The van der Waals surface area contributed by atoms with Gasteiger partial charge in [0.05, 0.1) is 10.6 Å². The van der Waals surface area contributed by atoms with Crippen LogP contribution in [0.2, 0.25) is 0 Å². The standard InChI is InChI=1S/C15H24N2O2S/c1-2-11-20(18,19)14-7-5-13(6-8-14)15(16)12-17-9-3-4-10-17/h5-8,15H,2-4,9-12,16H2,1H3. The van der Waals surface area contributed by atoms with E-state index in [1.165, 1.54) is 12.8 Å². The van der Waals surface area contributed by atoms with E-state index in [1.807, 2.05) is 19.1 Å². The number of sulfone groups is 1. The summed E-state index contributed by atoms with van der Waals surface area (Å²) >= 11 is 0. The van der Waals surface area contributed by atoms with Gasteiger partial charge in [-0.1, -0.05) is 19.1 Å². The number of likely N-dealkylation sites (tertiary alicyclic amines) is 1. The fourth-order valence-corrected chi connectivity index (χ4v) is 3.98. The quantitative estimate of drug-likeness (QED) is 0.871. The highest BCUT2D eigenvalue weighted by atomic mass is 32.2. The zero-order valence-electron chi connectivity index (χ0n) is 12.1. The Morgan fingerprint density at radius 1 is 1.20 bits per heavy atom. The number of nitrogens with two attached hydrogens (primary N) is 1. The Kier molecular flexibility index (Phi) is 5.18. The molecule has 1 aromatic rings. The average Bonchev–Trinajstić information content (AvgIpc) is 2.91. The Balaban J connectivity index is 2.03. The van der Waals surface area contributed by atoms with Gasteiger partial charge in [0.2, 0.25) is 0 Å². The molecule has 1 aliphatic rings. The molecule has 0 bridgehead atoms. The Hall–Kier alpha value is -0.910. The lowest BCUT2D eigenvalue weighted by Crippen LogP contribution is -2.29. The van der Waals surface area contributed by atoms with E-state index in [2.05, 4.69) is 4.90 Å². The molecule has 0 amide bonds. The van der Waals surface area contributed by atoms with Crippen molar-refractivity contribution in [3.8, 4) is 0 Å². The minimum Gasteiger partial charge on any atom is -0.323 e. The summed E-state index contributed by atoms with van der Waals surface area (Å²) in [5.41, 5.74) is 7.21. The van der Waals surface area contributed by atoms with Gasteiger partial charge in [-0.2, -0.15) is 0 Å². The van der Waals surface area contributed by atoms with Gasteiger partial charge in [-0.05, 0) is 50.0 Å². The molecule has 112 valence electrons. The van der Waals surface area contributed by atoms with Crippen molar-refractivity contribution in [2.75, 3.05) is 25.4 Å². The van der Waals surface area contributed by atoms with E-state index in [1.54, 1.807) is 12.1 Å². The van der Waals surface area contributed by atoms with Crippen LogP contribution in [0.3, 0.4) is 0 Å². The second-order valence-corrected chi connectivity index (χ2v) is 7.61. The molecule has 1 atom stereocenters. The molecule has 0 radical (unpaired) electrons. The van der Waals surface area contributed by atoms with Crippen LogP contribution in [0, 0.1) is 0 Å². The average molecular weight is 296 g/mol. The van der Waals surface area contributed by atoms with Crippen molar-refractivity contribution in [2.24, 2.45) is 5.73 Å². The molecule has 1 fully saturated rings. The first-order chi connectivity index (χ1) is 9.53. The maximum absolute atomic E-state index is 12.0. The lowest BCUT2D eigenvalue weighted by molar-refractivity contribution is 0.316. The van der Waals surface area contributed by atoms with E-state index < -0.39 is 9.84 Å². The Labute approximate surface area is 121 Å². The van der Waals surface area contributed by atoms with Gasteiger partial charge in [-0.25, -0.2) is 8.42 Å². The van der Waals surface area contributed by atoms with E-state index in [9.17, 15) is 8.42 Å². The summed E-state index contributed by atoms with van der Waals surface area (Å²) in [6.45, 7) is 4.96. The molecule has 20 heavy (non-hydrogen) atoms. The van der Waals surface area contributed by atoms with Crippen molar-refractivity contribution in [3.05, 3.63) is 29.8 Å². The maximum Gasteiger partial charge on any atom is 0.178 e. The lowest BCUT2D eigenvalue weighted by Gasteiger charge is -2.20. The normalized spacial score (nSPS) is 18.3. The summed E-state index contributed by atoms with van der Waals surface area (Å²) in [6, 6.07) is 7.02. The van der Waals surface area contributed by atoms with Crippen molar-refractivity contribution >= 4 is 9.84 Å². The number of hydrogen-bond donors (Lipinski definition) is 1. The van der Waals surface area contributed by atoms with Crippen molar-refractivity contribution in [3.63, 3.8) is 0 Å². The molecule has 1 saturated heterocycles. The van der Waals surface area contributed by atoms with Crippen LogP contribution in [-0.2, 0) is 9.84 Å². The Morgan fingerprint density at radius 2 is 1.80 bits per heavy atom. The summed E-state index contributed by atoms with van der Waals surface area (Å²) in [4.78, 5) is 2.77. The first kappa shape index (κ1) is 15.5. The Morgan fingerprint density at radius 3 is 2.35 bits per heavy atom. The molecule has 1 unspecified atom stereocenters. The summed E-state index contributed by atoms with van der Waals surface area (Å²) in [6.07, 6.45) is 3.14. The van der Waals surface area contributed by atoms with Crippen LogP contribution in [0.4, 0.5) is 0 Å². The van der Waals surface area contributed by atoms with Gasteiger partial charge >= 0.3 is 0 Å². The van der Waals surface area contributed by atoms with Gasteiger partial charge in [-0.15, -0.1) is 0 Å².